The number of rotatable bonds is 3. The van der Waals surface area contributed by atoms with Crippen LogP contribution in [0.15, 0.2) is 18.3 Å². The Bertz CT molecular complexity index is 389. The van der Waals surface area contributed by atoms with E-state index < -0.39 is 0 Å². The molecule has 1 fully saturated rings. The number of carbonyl (C=O) groups excluding carboxylic acids is 1. The Morgan fingerprint density at radius 2 is 2.29 bits per heavy atom. The van der Waals surface area contributed by atoms with Crippen LogP contribution in [0.5, 0.6) is 0 Å². The summed E-state index contributed by atoms with van der Waals surface area (Å²) >= 11 is 0. The molecule has 0 spiro atoms. The quantitative estimate of drug-likeness (QED) is 0.801. The molecule has 2 heterocycles. The molecule has 0 aliphatic carbocycles. The van der Waals surface area contributed by atoms with Gasteiger partial charge in [0.15, 0.2) is 0 Å². The van der Waals surface area contributed by atoms with E-state index in [9.17, 15) is 4.79 Å². The van der Waals surface area contributed by atoms with E-state index in [2.05, 4.69) is 10.3 Å². The van der Waals surface area contributed by atoms with Crippen molar-refractivity contribution in [3.8, 4) is 0 Å². The normalized spacial score (nSPS) is 16.8. The molecule has 1 aliphatic rings. The third-order valence-corrected chi connectivity index (χ3v) is 2.80. The first-order valence-electron chi connectivity index (χ1n) is 5.74. The van der Waals surface area contributed by atoms with Gasteiger partial charge in [0.1, 0.15) is 0 Å². The fourth-order valence-electron chi connectivity index (χ4n) is 1.82. The van der Waals surface area contributed by atoms with E-state index in [4.69, 9.17) is 9.84 Å². The number of pyridine rings is 1. The summed E-state index contributed by atoms with van der Waals surface area (Å²) in [7, 11) is 0. The van der Waals surface area contributed by atoms with E-state index in [1.54, 1.807) is 12.1 Å². The molecule has 5 heteroatoms. The van der Waals surface area contributed by atoms with Crippen molar-refractivity contribution < 1.29 is 14.6 Å². The second-order valence-electron chi connectivity index (χ2n) is 4.05. The molecule has 1 amide bonds. The number of nitrogens with zero attached hydrogens (tertiary/aromatic N) is 1. The lowest BCUT2D eigenvalue weighted by molar-refractivity contribution is 0.0696. The molecule has 0 saturated carbocycles. The van der Waals surface area contributed by atoms with E-state index in [1.165, 1.54) is 6.20 Å². The van der Waals surface area contributed by atoms with Gasteiger partial charge in [0.2, 0.25) is 0 Å². The molecule has 0 bridgehead atoms. The lowest BCUT2D eigenvalue weighted by Gasteiger charge is -2.23. The minimum Gasteiger partial charge on any atom is -0.390 e. The van der Waals surface area contributed by atoms with Crippen molar-refractivity contribution in [1.82, 2.24) is 10.3 Å². The fourth-order valence-corrected chi connectivity index (χ4v) is 1.82. The molecule has 1 aromatic heterocycles. The van der Waals surface area contributed by atoms with Gasteiger partial charge < -0.3 is 15.2 Å². The van der Waals surface area contributed by atoms with Gasteiger partial charge in [-0.1, -0.05) is 0 Å². The molecule has 0 unspecified atom stereocenters. The lowest BCUT2D eigenvalue weighted by atomic mass is 10.1. The van der Waals surface area contributed by atoms with Gasteiger partial charge in [-0.05, 0) is 25.0 Å². The van der Waals surface area contributed by atoms with Crippen molar-refractivity contribution in [1.29, 1.82) is 0 Å². The maximum absolute atomic E-state index is 11.9. The molecule has 92 valence electrons. The molecule has 17 heavy (non-hydrogen) atoms. The SMILES string of the molecule is O=C(NC1CCOCC1)c1ccnc(CO)c1. The third kappa shape index (κ3) is 3.25. The molecule has 5 nitrogen and oxygen atoms in total. The Morgan fingerprint density at radius 1 is 1.53 bits per heavy atom. The van der Waals surface area contributed by atoms with E-state index in [0.717, 1.165) is 12.8 Å². The van der Waals surface area contributed by atoms with Crippen LogP contribution in [0.25, 0.3) is 0 Å². The number of hydrogen-bond donors (Lipinski definition) is 2. The Hall–Kier alpha value is -1.46. The number of ether oxygens (including phenoxy) is 1. The van der Waals surface area contributed by atoms with Crippen LogP contribution in [0.2, 0.25) is 0 Å². The number of hydrogen-bond acceptors (Lipinski definition) is 4. The van der Waals surface area contributed by atoms with Crippen molar-refractivity contribution in [2.24, 2.45) is 0 Å². The average Bonchev–Trinajstić information content (AvgIpc) is 2.40. The van der Waals surface area contributed by atoms with Gasteiger partial charge in [-0.25, -0.2) is 0 Å². The Balaban J connectivity index is 1.98. The number of carbonyl (C=O) groups is 1. The molecule has 1 saturated heterocycles. The third-order valence-electron chi connectivity index (χ3n) is 2.80. The van der Waals surface area contributed by atoms with Gasteiger partial charge in [-0.3, -0.25) is 9.78 Å². The highest BCUT2D eigenvalue weighted by Gasteiger charge is 2.17. The van der Waals surface area contributed by atoms with Crippen LogP contribution < -0.4 is 5.32 Å². The zero-order valence-electron chi connectivity index (χ0n) is 9.56. The van der Waals surface area contributed by atoms with Crippen LogP contribution in [0.3, 0.4) is 0 Å². The van der Waals surface area contributed by atoms with Crippen LogP contribution in [-0.2, 0) is 11.3 Å². The van der Waals surface area contributed by atoms with Gasteiger partial charge in [0.05, 0.1) is 12.3 Å². The molecular formula is C12H16N2O3. The highest BCUT2D eigenvalue weighted by molar-refractivity contribution is 5.94. The standard InChI is InChI=1S/C12H16N2O3/c15-8-11-7-9(1-4-13-11)12(16)14-10-2-5-17-6-3-10/h1,4,7,10,15H,2-3,5-6,8H2,(H,14,16). The zero-order valence-corrected chi connectivity index (χ0v) is 9.56. The topological polar surface area (TPSA) is 71.5 Å². The molecule has 0 atom stereocenters. The van der Waals surface area contributed by atoms with E-state index in [0.29, 0.717) is 24.5 Å². The molecule has 2 N–H and O–H groups in total. The minimum absolute atomic E-state index is 0.117. The molecular weight excluding hydrogens is 220 g/mol. The highest BCUT2D eigenvalue weighted by Crippen LogP contribution is 2.08. The second-order valence-corrected chi connectivity index (χ2v) is 4.05. The summed E-state index contributed by atoms with van der Waals surface area (Å²) in [4.78, 5) is 15.9. The van der Waals surface area contributed by atoms with E-state index in [-0.39, 0.29) is 18.6 Å². The summed E-state index contributed by atoms with van der Waals surface area (Å²) in [6.45, 7) is 1.24. The van der Waals surface area contributed by atoms with Gasteiger partial charge in [-0.2, -0.15) is 0 Å². The summed E-state index contributed by atoms with van der Waals surface area (Å²) in [5.41, 5.74) is 1.04. The summed E-state index contributed by atoms with van der Waals surface area (Å²) in [5.74, 6) is -0.117. The molecule has 1 aliphatic heterocycles. The van der Waals surface area contributed by atoms with Crippen LogP contribution in [0, 0.1) is 0 Å². The summed E-state index contributed by atoms with van der Waals surface area (Å²) < 4.78 is 5.23. The average molecular weight is 236 g/mol. The van der Waals surface area contributed by atoms with E-state index >= 15 is 0 Å². The zero-order chi connectivity index (χ0) is 12.1. The van der Waals surface area contributed by atoms with Crippen LogP contribution in [0.1, 0.15) is 28.9 Å². The smallest absolute Gasteiger partial charge is 0.251 e. The largest absolute Gasteiger partial charge is 0.390 e. The van der Waals surface area contributed by atoms with Crippen molar-refractivity contribution in [3.05, 3.63) is 29.6 Å². The van der Waals surface area contributed by atoms with Crippen LogP contribution >= 0.6 is 0 Å². The predicted octanol–water partition coefficient (Wildman–Crippen LogP) is 0.483. The summed E-state index contributed by atoms with van der Waals surface area (Å²) in [6, 6.07) is 3.43. The van der Waals surface area contributed by atoms with Crippen molar-refractivity contribution in [2.45, 2.75) is 25.5 Å². The van der Waals surface area contributed by atoms with Crippen LogP contribution in [-0.4, -0.2) is 35.3 Å². The summed E-state index contributed by atoms with van der Waals surface area (Å²) in [5, 5.41) is 11.9. The summed E-state index contributed by atoms with van der Waals surface area (Å²) in [6.07, 6.45) is 3.23. The first-order chi connectivity index (χ1) is 8.29. The maximum atomic E-state index is 11.9. The molecule has 0 aromatic carbocycles. The van der Waals surface area contributed by atoms with Crippen LogP contribution in [0.4, 0.5) is 0 Å². The number of amides is 1. The molecule has 2 rings (SSSR count). The van der Waals surface area contributed by atoms with Gasteiger partial charge in [0, 0.05) is 31.0 Å². The number of nitrogens with one attached hydrogen (secondary N) is 1. The fraction of sp³-hybridized carbons (Fsp3) is 0.500. The van der Waals surface area contributed by atoms with Crippen molar-refractivity contribution in [2.75, 3.05) is 13.2 Å². The predicted molar refractivity (Wildman–Crippen MR) is 61.5 cm³/mol. The Morgan fingerprint density at radius 3 is 3.00 bits per heavy atom. The minimum atomic E-state index is -0.154. The van der Waals surface area contributed by atoms with E-state index in [1.807, 2.05) is 0 Å². The second kappa shape index (κ2) is 5.75. The Kier molecular flexibility index (Phi) is 4.06. The monoisotopic (exact) mass is 236 g/mol. The molecule has 1 aromatic rings. The maximum Gasteiger partial charge on any atom is 0.251 e. The van der Waals surface area contributed by atoms with Gasteiger partial charge in [-0.15, -0.1) is 0 Å². The highest BCUT2D eigenvalue weighted by atomic mass is 16.5. The first-order valence-corrected chi connectivity index (χ1v) is 5.74. The Labute approximate surface area is 99.8 Å². The van der Waals surface area contributed by atoms with Crippen molar-refractivity contribution >= 4 is 5.91 Å². The molecule has 0 radical (unpaired) electrons. The number of aromatic nitrogens is 1. The lowest BCUT2D eigenvalue weighted by Crippen LogP contribution is -2.38. The number of aliphatic hydroxyl groups is 1. The van der Waals surface area contributed by atoms with Gasteiger partial charge >= 0.3 is 0 Å². The number of aliphatic hydroxyl groups excluding tert-OH is 1. The van der Waals surface area contributed by atoms with Crippen molar-refractivity contribution in [3.63, 3.8) is 0 Å². The van der Waals surface area contributed by atoms with Gasteiger partial charge in [0.25, 0.3) is 5.91 Å². The first kappa shape index (κ1) is 12.0.